The van der Waals surface area contributed by atoms with E-state index in [1.165, 1.54) is 0 Å². The van der Waals surface area contributed by atoms with E-state index in [0.29, 0.717) is 10.6 Å². The lowest BCUT2D eigenvalue weighted by atomic mass is 10.2. The van der Waals surface area contributed by atoms with Gasteiger partial charge in [0.15, 0.2) is 0 Å². The van der Waals surface area contributed by atoms with Crippen LogP contribution in [0.2, 0.25) is 5.02 Å². The van der Waals surface area contributed by atoms with Gasteiger partial charge in [0, 0.05) is 10.2 Å². The number of aryl methyl sites for hydroxylation is 1. The maximum atomic E-state index is 8.86. The lowest BCUT2D eigenvalue weighted by Gasteiger charge is -2.10. The number of halogens is 2. The number of rotatable bonds is 2. The Balaban J connectivity index is 2.32. The second kappa shape index (κ2) is 5.43. The third-order valence-corrected chi connectivity index (χ3v) is 3.48. The molecule has 0 unspecified atom stereocenters. The maximum absolute atomic E-state index is 8.86. The largest absolute Gasteiger partial charge is 0.354 e. The monoisotopic (exact) mass is 320 g/mol. The molecule has 0 spiro atoms. The smallest absolute Gasteiger partial charge is 0.100 e. The Morgan fingerprint density at radius 3 is 2.67 bits per heavy atom. The number of nitriles is 1. The summed E-state index contributed by atoms with van der Waals surface area (Å²) in [4.78, 5) is 0. The van der Waals surface area contributed by atoms with Gasteiger partial charge in [-0.2, -0.15) is 5.26 Å². The number of benzene rings is 2. The number of nitrogens with one attached hydrogen (secondary N) is 1. The molecule has 0 radical (unpaired) electrons. The first kappa shape index (κ1) is 12.9. The Hall–Kier alpha value is -1.50. The number of hydrogen-bond donors (Lipinski definition) is 1. The predicted molar refractivity (Wildman–Crippen MR) is 78.3 cm³/mol. The molecule has 0 saturated carbocycles. The highest BCUT2D eigenvalue weighted by Crippen LogP contribution is 2.28. The van der Waals surface area contributed by atoms with Crippen LogP contribution in [-0.2, 0) is 0 Å². The van der Waals surface area contributed by atoms with Crippen LogP contribution in [0.4, 0.5) is 11.4 Å². The molecule has 0 aliphatic carbocycles. The molecule has 0 aliphatic rings. The third kappa shape index (κ3) is 2.84. The van der Waals surface area contributed by atoms with Crippen molar-refractivity contribution in [2.24, 2.45) is 0 Å². The zero-order valence-corrected chi connectivity index (χ0v) is 12.0. The van der Waals surface area contributed by atoms with Crippen molar-refractivity contribution in [3.63, 3.8) is 0 Å². The van der Waals surface area contributed by atoms with E-state index in [1.807, 2.05) is 37.3 Å². The summed E-state index contributed by atoms with van der Waals surface area (Å²) in [6.45, 7) is 2.01. The highest BCUT2D eigenvalue weighted by molar-refractivity contribution is 9.10. The molecule has 0 atom stereocenters. The van der Waals surface area contributed by atoms with Gasteiger partial charge in [-0.3, -0.25) is 0 Å². The summed E-state index contributed by atoms with van der Waals surface area (Å²) in [5.41, 5.74) is 3.48. The van der Waals surface area contributed by atoms with Crippen molar-refractivity contribution in [2.75, 3.05) is 5.32 Å². The normalized spacial score (nSPS) is 9.89. The molecule has 0 amide bonds. The van der Waals surface area contributed by atoms with Gasteiger partial charge in [-0.1, -0.05) is 17.7 Å². The molecular formula is C14H10BrClN2. The first-order chi connectivity index (χ1) is 8.60. The summed E-state index contributed by atoms with van der Waals surface area (Å²) in [6, 6.07) is 13.4. The lowest BCUT2D eigenvalue weighted by Crippen LogP contribution is -1.92. The number of hydrogen-bond acceptors (Lipinski definition) is 2. The van der Waals surface area contributed by atoms with Crippen LogP contribution in [0.25, 0.3) is 0 Å². The Kier molecular flexibility index (Phi) is 3.90. The lowest BCUT2D eigenvalue weighted by molar-refractivity contribution is 1.43. The summed E-state index contributed by atoms with van der Waals surface area (Å²) in [5.74, 6) is 0. The second-order valence-corrected chi connectivity index (χ2v) is 5.18. The molecule has 0 aliphatic heterocycles. The van der Waals surface area contributed by atoms with E-state index in [-0.39, 0.29) is 0 Å². The van der Waals surface area contributed by atoms with Gasteiger partial charge in [0.2, 0.25) is 0 Å². The van der Waals surface area contributed by atoms with Crippen molar-refractivity contribution in [3.05, 3.63) is 57.0 Å². The molecule has 2 aromatic rings. The molecule has 4 heteroatoms. The molecule has 1 N–H and O–H groups in total. The van der Waals surface area contributed by atoms with Gasteiger partial charge in [0.25, 0.3) is 0 Å². The number of anilines is 2. The highest BCUT2D eigenvalue weighted by Gasteiger charge is 2.04. The minimum absolute atomic E-state index is 0.607. The van der Waals surface area contributed by atoms with Gasteiger partial charge in [0.1, 0.15) is 6.07 Å². The molecule has 0 saturated heterocycles. The standard InChI is InChI=1S/C14H10BrClN2/c1-9-2-5-13(16)14(6-9)18-11-4-3-10(8-17)12(15)7-11/h2-7,18H,1H3. The van der Waals surface area contributed by atoms with Crippen LogP contribution in [0.15, 0.2) is 40.9 Å². The van der Waals surface area contributed by atoms with Crippen LogP contribution in [0, 0.1) is 18.3 Å². The van der Waals surface area contributed by atoms with Crippen LogP contribution >= 0.6 is 27.5 Å². The van der Waals surface area contributed by atoms with Gasteiger partial charge >= 0.3 is 0 Å². The highest BCUT2D eigenvalue weighted by atomic mass is 79.9. The molecule has 2 nitrogen and oxygen atoms in total. The molecule has 2 rings (SSSR count). The maximum Gasteiger partial charge on any atom is 0.100 e. The third-order valence-electron chi connectivity index (χ3n) is 2.49. The van der Waals surface area contributed by atoms with E-state index in [1.54, 1.807) is 6.07 Å². The fraction of sp³-hybridized carbons (Fsp3) is 0.0714. The minimum atomic E-state index is 0.607. The zero-order valence-electron chi connectivity index (χ0n) is 9.67. The predicted octanol–water partition coefficient (Wildman–Crippen LogP) is 5.03. The fourth-order valence-electron chi connectivity index (χ4n) is 1.57. The van der Waals surface area contributed by atoms with Crippen molar-refractivity contribution in [3.8, 4) is 6.07 Å². The van der Waals surface area contributed by atoms with E-state index in [0.717, 1.165) is 21.4 Å². The molecule has 0 aromatic heterocycles. The average molecular weight is 322 g/mol. The second-order valence-electron chi connectivity index (χ2n) is 3.91. The molecule has 18 heavy (non-hydrogen) atoms. The molecule has 90 valence electrons. The minimum Gasteiger partial charge on any atom is -0.354 e. The van der Waals surface area contributed by atoms with Crippen molar-refractivity contribution in [1.82, 2.24) is 0 Å². The molecular weight excluding hydrogens is 312 g/mol. The first-order valence-electron chi connectivity index (χ1n) is 5.33. The van der Waals surface area contributed by atoms with E-state index in [2.05, 4.69) is 27.3 Å². The Labute approximate surface area is 119 Å². The van der Waals surface area contributed by atoms with Gasteiger partial charge < -0.3 is 5.32 Å². The van der Waals surface area contributed by atoms with Gasteiger partial charge in [-0.05, 0) is 58.7 Å². The van der Waals surface area contributed by atoms with E-state index in [4.69, 9.17) is 16.9 Å². The quantitative estimate of drug-likeness (QED) is 0.842. The summed E-state index contributed by atoms with van der Waals surface area (Å²) in [5, 5.41) is 12.8. The van der Waals surface area contributed by atoms with E-state index in [9.17, 15) is 0 Å². The van der Waals surface area contributed by atoms with Crippen molar-refractivity contribution in [1.29, 1.82) is 5.26 Å². The molecule has 0 heterocycles. The van der Waals surface area contributed by atoms with E-state index >= 15 is 0 Å². The van der Waals surface area contributed by atoms with Gasteiger partial charge in [0.05, 0.1) is 16.3 Å². The Bertz CT molecular complexity index is 632. The fourth-order valence-corrected chi connectivity index (χ4v) is 2.21. The van der Waals surface area contributed by atoms with Crippen LogP contribution in [0.1, 0.15) is 11.1 Å². The van der Waals surface area contributed by atoms with Gasteiger partial charge in [-0.15, -0.1) is 0 Å². The summed E-state index contributed by atoms with van der Waals surface area (Å²) >= 11 is 9.48. The first-order valence-corrected chi connectivity index (χ1v) is 6.50. The summed E-state index contributed by atoms with van der Waals surface area (Å²) < 4.78 is 0.763. The molecule has 0 fully saturated rings. The van der Waals surface area contributed by atoms with E-state index < -0.39 is 0 Å². The Morgan fingerprint density at radius 2 is 2.00 bits per heavy atom. The molecule has 0 bridgehead atoms. The summed E-state index contributed by atoms with van der Waals surface area (Å²) in [7, 11) is 0. The average Bonchev–Trinajstić information content (AvgIpc) is 2.34. The van der Waals surface area contributed by atoms with Crippen molar-refractivity contribution in [2.45, 2.75) is 6.92 Å². The van der Waals surface area contributed by atoms with Gasteiger partial charge in [-0.25, -0.2) is 0 Å². The van der Waals surface area contributed by atoms with Crippen LogP contribution in [0.5, 0.6) is 0 Å². The summed E-state index contributed by atoms with van der Waals surface area (Å²) in [6.07, 6.45) is 0. The zero-order chi connectivity index (χ0) is 13.1. The van der Waals surface area contributed by atoms with Crippen molar-refractivity contribution < 1.29 is 0 Å². The number of nitrogens with zero attached hydrogens (tertiary/aromatic N) is 1. The van der Waals surface area contributed by atoms with Crippen LogP contribution in [0.3, 0.4) is 0 Å². The SMILES string of the molecule is Cc1ccc(Cl)c(Nc2ccc(C#N)c(Br)c2)c1. The van der Waals surface area contributed by atoms with Crippen molar-refractivity contribution >= 4 is 38.9 Å². The Morgan fingerprint density at radius 1 is 1.22 bits per heavy atom. The topological polar surface area (TPSA) is 35.8 Å². The van der Waals surface area contributed by atoms with Crippen LogP contribution < -0.4 is 5.32 Å². The molecule has 2 aromatic carbocycles. The van der Waals surface area contributed by atoms with Crippen LogP contribution in [-0.4, -0.2) is 0 Å².